The topological polar surface area (TPSA) is 80.3 Å². The third-order valence-corrected chi connectivity index (χ3v) is 2.57. The Morgan fingerprint density at radius 2 is 2.33 bits per heavy atom. The standard InChI is InChI=1S/C12H15N3O3/c1-3-9-10(7-15(2)14-9)13-6-8-4-5-11(18-8)12(16)17/h4-5,7,13H,3,6H2,1-2H3,(H,16,17). The molecule has 0 aliphatic carbocycles. The predicted molar refractivity (Wildman–Crippen MR) is 65.6 cm³/mol. The van der Waals surface area contributed by atoms with Crippen LogP contribution in [0, 0.1) is 0 Å². The Morgan fingerprint density at radius 1 is 1.56 bits per heavy atom. The summed E-state index contributed by atoms with van der Waals surface area (Å²) in [5.41, 5.74) is 1.91. The fourth-order valence-corrected chi connectivity index (χ4v) is 1.71. The third-order valence-electron chi connectivity index (χ3n) is 2.57. The van der Waals surface area contributed by atoms with Crippen molar-refractivity contribution in [2.75, 3.05) is 5.32 Å². The van der Waals surface area contributed by atoms with Crippen molar-refractivity contribution >= 4 is 11.7 Å². The number of carboxylic acid groups (broad SMARTS) is 1. The number of aryl methyl sites for hydroxylation is 2. The molecule has 2 aromatic heterocycles. The Labute approximate surface area is 104 Å². The van der Waals surface area contributed by atoms with Gasteiger partial charge in [-0.2, -0.15) is 5.10 Å². The summed E-state index contributed by atoms with van der Waals surface area (Å²) >= 11 is 0. The molecule has 96 valence electrons. The molecule has 0 unspecified atom stereocenters. The van der Waals surface area contributed by atoms with Crippen molar-refractivity contribution in [1.82, 2.24) is 9.78 Å². The average molecular weight is 249 g/mol. The van der Waals surface area contributed by atoms with Gasteiger partial charge < -0.3 is 14.8 Å². The van der Waals surface area contributed by atoms with Crippen LogP contribution in [-0.4, -0.2) is 20.9 Å². The van der Waals surface area contributed by atoms with E-state index in [2.05, 4.69) is 10.4 Å². The molecule has 0 fully saturated rings. The second kappa shape index (κ2) is 4.95. The summed E-state index contributed by atoms with van der Waals surface area (Å²) in [7, 11) is 1.86. The molecule has 2 rings (SSSR count). The Hall–Kier alpha value is -2.24. The lowest BCUT2D eigenvalue weighted by Crippen LogP contribution is -2.00. The Bertz CT molecular complexity index is 557. The normalized spacial score (nSPS) is 10.6. The van der Waals surface area contributed by atoms with E-state index in [9.17, 15) is 4.79 Å². The molecule has 0 spiro atoms. The molecule has 6 heteroatoms. The molecule has 0 atom stereocenters. The molecule has 2 heterocycles. The minimum Gasteiger partial charge on any atom is -0.475 e. The molecule has 2 N–H and O–H groups in total. The summed E-state index contributed by atoms with van der Waals surface area (Å²) in [5, 5.41) is 16.2. The minimum absolute atomic E-state index is 0.0475. The monoisotopic (exact) mass is 249 g/mol. The van der Waals surface area contributed by atoms with Crippen LogP contribution in [0.2, 0.25) is 0 Å². The van der Waals surface area contributed by atoms with Gasteiger partial charge in [0.15, 0.2) is 0 Å². The molecule has 6 nitrogen and oxygen atoms in total. The summed E-state index contributed by atoms with van der Waals surface area (Å²) in [5.74, 6) is -0.524. The number of nitrogens with zero attached hydrogens (tertiary/aromatic N) is 2. The van der Waals surface area contributed by atoms with E-state index >= 15 is 0 Å². The zero-order chi connectivity index (χ0) is 13.1. The van der Waals surface area contributed by atoms with Crippen LogP contribution >= 0.6 is 0 Å². The lowest BCUT2D eigenvalue weighted by atomic mass is 10.3. The maximum absolute atomic E-state index is 10.7. The zero-order valence-electron chi connectivity index (χ0n) is 10.3. The Balaban J connectivity index is 2.04. The number of carbonyl (C=O) groups is 1. The highest BCUT2D eigenvalue weighted by Gasteiger charge is 2.10. The van der Waals surface area contributed by atoms with Crippen molar-refractivity contribution in [2.24, 2.45) is 7.05 Å². The molecule has 0 amide bonds. The molecule has 0 radical (unpaired) electrons. The smallest absolute Gasteiger partial charge is 0.371 e. The van der Waals surface area contributed by atoms with E-state index in [0.717, 1.165) is 17.8 Å². The van der Waals surface area contributed by atoms with Crippen molar-refractivity contribution in [3.8, 4) is 0 Å². The van der Waals surface area contributed by atoms with Crippen LogP contribution in [0.1, 0.15) is 28.9 Å². The van der Waals surface area contributed by atoms with Crippen LogP contribution in [0.5, 0.6) is 0 Å². The molecule has 0 bridgehead atoms. The molecular weight excluding hydrogens is 234 g/mol. The number of carboxylic acids is 1. The van der Waals surface area contributed by atoms with Gasteiger partial charge in [0.2, 0.25) is 5.76 Å². The molecule has 2 aromatic rings. The maximum Gasteiger partial charge on any atom is 0.371 e. The highest BCUT2D eigenvalue weighted by molar-refractivity contribution is 5.84. The van der Waals surface area contributed by atoms with Gasteiger partial charge in [0.25, 0.3) is 0 Å². The SMILES string of the molecule is CCc1nn(C)cc1NCc1ccc(C(=O)O)o1. The van der Waals surface area contributed by atoms with Gasteiger partial charge in [-0.25, -0.2) is 4.79 Å². The van der Waals surface area contributed by atoms with Crippen LogP contribution in [0.3, 0.4) is 0 Å². The van der Waals surface area contributed by atoms with Crippen molar-refractivity contribution in [1.29, 1.82) is 0 Å². The first-order valence-electron chi connectivity index (χ1n) is 5.68. The summed E-state index contributed by atoms with van der Waals surface area (Å²) in [6, 6.07) is 3.10. The van der Waals surface area contributed by atoms with Crippen LogP contribution < -0.4 is 5.32 Å². The first-order chi connectivity index (χ1) is 8.60. The number of hydrogen-bond donors (Lipinski definition) is 2. The molecule has 0 saturated heterocycles. The Morgan fingerprint density at radius 3 is 2.94 bits per heavy atom. The summed E-state index contributed by atoms with van der Waals surface area (Å²) in [6.45, 7) is 2.47. The highest BCUT2D eigenvalue weighted by Crippen LogP contribution is 2.16. The molecule has 0 aliphatic rings. The van der Waals surface area contributed by atoms with Gasteiger partial charge in [-0.05, 0) is 18.6 Å². The third kappa shape index (κ3) is 2.53. The molecule has 0 saturated carbocycles. The van der Waals surface area contributed by atoms with Crippen LogP contribution in [0.15, 0.2) is 22.7 Å². The van der Waals surface area contributed by atoms with Crippen LogP contribution in [0.25, 0.3) is 0 Å². The van der Waals surface area contributed by atoms with Crippen molar-refractivity contribution in [2.45, 2.75) is 19.9 Å². The number of hydrogen-bond acceptors (Lipinski definition) is 4. The maximum atomic E-state index is 10.7. The number of furan rings is 1. The van der Waals surface area contributed by atoms with Crippen LogP contribution in [0.4, 0.5) is 5.69 Å². The predicted octanol–water partition coefficient (Wildman–Crippen LogP) is 1.89. The number of aromatic carboxylic acids is 1. The number of nitrogens with one attached hydrogen (secondary N) is 1. The quantitative estimate of drug-likeness (QED) is 0.845. The zero-order valence-corrected chi connectivity index (χ0v) is 10.3. The largest absolute Gasteiger partial charge is 0.475 e. The van der Waals surface area contributed by atoms with Crippen molar-refractivity contribution in [3.05, 3.63) is 35.5 Å². The van der Waals surface area contributed by atoms with Crippen LogP contribution in [-0.2, 0) is 20.0 Å². The van der Waals surface area contributed by atoms with E-state index in [1.165, 1.54) is 6.07 Å². The van der Waals surface area contributed by atoms with E-state index in [4.69, 9.17) is 9.52 Å². The fraction of sp³-hybridized carbons (Fsp3) is 0.333. The Kier molecular flexibility index (Phi) is 3.36. The first kappa shape index (κ1) is 12.2. The molecular formula is C12H15N3O3. The van der Waals surface area contributed by atoms with Gasteiger partial charge in [0, 0.05) is 13.2 Å². The van der Waals surface area contributed by atoms with E-state index < -0.39 is 5.97 Å². The number of rotatable bonds is 5. The summed E-state index contributed by atoms with van der Waals surface area (Å²) in [6.07, 6.45) is 2.72. The fourth-order valence-electron chi connectivity index (χ4n) is 1.71. The lowest BCUT2D eigenvalue weighted by Gasteiger charge is -2.02. The van der Waals surface area contributed by atoms with E-state index in [1.54, 1.807) is 10.7 Å². The van der Waals surface area contributed by atoms with Crippen molar-refractivity contribution < 1.29 is 14.3 Å². The molecule has 18 heavy (non-hydrogen) atoms. The highest BCUT2D eigenvalue weighted by atomic mass is 16.4. The first-order valence-corrected chi connectivity index (χ1v) is 5.68. The summed E-state index contributed by atoms with van der Waals surface area (Å²) < 4.78 is 6.90. The molecule has 0 aliphatic heterocycles. The van der Waals surface area contributed by atoms with Gasteiger partial charge in [0.1, 0.15) is 5.76 Å². The van der Waals surface area contributed by atoms with E-state index in [0.29, 0.717) is 12.3 Å². The van der Waals surface area contributed by atoms with Gasteiger partial charge >= 0.3 is 5.97 Å². The van der Waals surface area contributed by atoms with Gasteiger partial charge in [-0.1, -0.05) is 6.92 Å². The average Bonchev–Trinajstić information content (AvgIpc) is 2.92. The second-order valence-corrected chi connectivity index (χ2v) is 3.94. The minimum atomic E-state index is -1.06. The number of anilines is 1. The lowest BCUT2D eigenvalue weighted by molar-refractivity contribution is 0.0660. The summed E-state index contributed by atoms with van der Waals surface area (Å²) in [4.78, 5) is 10.7. The van der Waals surface area contributed by atoms with Gasteiger partial charge in [-0.3, -0.25) is 4.68 Å². The van der Waals surface area contributed by atoms with Gasteiger partial charge in [-0.15, -0.1) is 0 Å². The molecule has 0 aromatic carbocycles. The van der Waals surface area contributed by atoms with Gasteiger partial charge in [0.05, 0.1) is 17.9 Å². The van der Waals surface area contributed by atoms with E-state index in [1.807, 2.05) is 20.2 Å². The second-order valence-electron chi connectivity index (χ2n) is 3.94. The van der Waals surface area contributed by atoms with E-state index in [-0.39, 0.29) is 5.76 Å². The number of aromatic nitrogens is 2. The van der Waals surface area contributed by atoms with Crippen molar-refractivity contribution in [3.63, 3.8) is 0 Å².